The molecule has 0 aromatic carbocycles. The van der Waals surface area contributed by atoms with Gasteiger partial charge in [0.05, 0.1) is 38.6 Å². The zero-order valence-corrected chi connectivity index (χ0v) is 64.1. The quantitative estimate of drug-likeness (QED) is 0.0199. The predicted molar refractivity (Wildman–Crippen MR) is 419 cm³/mol. The summed E-state index contributed by atoms with van der Waals surface area (Å²) in [6.45, 7) is 1.60. The van der Waals surface area contributed by atoms with Gasteiger partial charge in [0.25, 0.3) is 0 Å². The molecule has 3 fully saturated rings. The lowest BCUT2D eigenvalue weighted by molar-refractivity contribution is -0.379. The highest BCUT2D eigenvalue weighted by Crippen LogP contribution is 2.33. The Morgan fingerprint density at radius 3 is 1.07 bits per heavy atom. The molecule has 0 aromatic heterocycles. The average Bonchev–Trinajstić information content (AvgIpc) is 0.780. The van der Waals surface area contributed by atoms with Crippen LogP contribution in [0.5, 0.6) is 0 Å². The number of carbonyl (C=O) groups is 1. The van der Waals surface area contributed by atoms with E-state index in [9.17, 15) is 61.0 Å². The second kappa shape index (κ2) is 64.5. The van der Waals surface area contributed by atoms with Gasteiger partial charge in [-0.25, -0.2) is 0 Å². The van der Waals surface area contributed by atoms with Gasteiger partial charge in [0.1, 0.15) is 73.2 Å². The minimum Gasteiger partial charge on any atom is -0.394 e. The molecule has 0 aromatic rings. The fourth-order valence-electron chi connectivity index (χ4n) is 12.6. The number of nitrogens with one attached hydrogen (secondary N) is 1. The lowest BCUT2D eigenvalue weighted by atomic mass is 9.96. The van der Waals surface area contributed by atoms with Gasteiger partial charge in [0.15, 0.2) is 18.9 Å². The van der Waals surface area contributed by atoms with E-state index in [1.165, 1.54) is 96.3 Å². The second-order valence-corrected chi connectivity index (χ2v) is 28.1. The highest BCUT2D eigenvalue weighted by Gasteiger charge is 2.54. The zero-order valence-electron chi connectivity index (χ0n) is 64.1. The van der Waals surface area contributed by atoms with Crippen LogP contribution in [0.25, 0.3) is 0 Å². The second-order valence-electron chi connectivity index (χ2n) is 28.1. The van der Waals surface area contributed by atoms with Gasteiger partial charge < -0.3 is 89.9 Å². The molecule has 600 valence electrons. The first-order valence-electron chi connectivity index (χ1n) is 40.6. The van der Waals surface area contributed by atoms with Crippen LogP contribution in [0.4, 0.5) is 0 Å². The summed E-state index contributed by atoms with van der Waals surface area (Å²) in [6.07, 6.45) is 66.8. The van der Waals surface area contributed by atoms with Crippen LogP contribution in [0.15, 0.2) is 146 Å². The third-order valence-electron chi connectivity index (χ3n) is 19.1. The number of ether oxygens (including phenoxy) is 6. The molecule has 3 saturated heterocycles. The van der Waals surface area contributed by atoms with Crippen LogP contribution in [0, 0.1) is 0 Å². The largest absolute Gasteiger partial charge is 0.394 e. The van der Waals surface area contributed by atoms with Crippen molar-refractivity contribution in [3.63, 3.8) is 0 Å². The molecule has 12 N–H and O–H groups in total. The lowest BCUT2D eigenvalue weighted by Gasteiger charge is -2.48. The van der Waals surface area contributed by atoms with Crippen molar-refractivity contribution in [1.82, 2.24) is 5.32 Å². The van der Waals surface area contributed by atoms with Crippen LogP contribution >= 0.6 is 0 Å². The highest BCUT2D eigenvalue weighted by atomic mass is 16.8. The molecular formula is C86H143NO18. The average molecular weight is 1480 g/mol. The third kappa shape index (κ3) is 44.2. The van der Waals surface area contributed by atoms with Gasteiger partial charge in [-0.05, 0) is 109 Å². The van der Waals surface area contributed by atoms with E-state index in [-0.39, 0.29) is 18.9 Å². The van der Waals surface area contributed by atoms with E-state index in [4.69, 9.17) is 28.4 Å². The Morgan fingerprint density at radius 1 is 0.352 bits per heavy atom. The van der Waals surface area contributed by atoms with Gasteiger partial charge in [-0.1, -0.05) is 288 Å². The summed E-state index contributed by atoms with van der Waals surface area (Å²) in [5.74, 6) is -0.299. The molecule has 17 unspecified atom stereocenters. The van der Waals surface area contributed by atoms with Crippen molar-refractivity contribution in [3.05, 3.63) is 146 Å². The molecule has 19 heteroatoms. The Balaban J connectivity index is 1.37. The van der Waals surface area contributed by atoms with Crippen molar-refractivity contribution < 1.29 is 89.4 Å². The van der Waals surface area contributed by atoms with Crippen LogP contribution in [0.3, 0.4) is 0 Å². The molecule has 0 radical (unpaired) electrons. The summed E-state index contributed by atoms with van der Waals surface area (Å²) in [5, 5.41) is 121. The molecule has 0 bridgehead atoms. The van der Waals surface area contributed by atoms with E-state index < -0.39 is 124 Å². The SMILES string of the molecule is CC/C=C\C/C=C\C/C=C\C/C=C\C/C=C\C/C=C\C/C=C\C/C=C\C/C=C\C/C=C\CCCCCCCCCCC(=O)NC(COC1OC(CO)C(OC2OC(CO)C(OC3OC(CO)C(O)C(O)C3O)C(O)C2O)C(O)C1O)C(O)/C=C/CC/C=C/CCCCCCCCCCCCCCCCC. The molecule has 3 aliphatic rings. The predicted octanol–water partition coefficient (Wildman–Crippen LogP) is 13.8. The van der Waals surface area contributed by atoms with E-state index in [0.717, 1.165) is 128 Å². The number of aliphatic hydroxyl groups is 11. The van der Waals surface area contributed by atoms with Crippen LogP contribution in [0.2, 0.25) is 0 Å². The summed E-state index contributed by atoms with van der Waals surface area (Å²) in [6, 6.07) is -1.01. The molecule has 0 saturated carbocycles. The summed E-state index contributed by atoms with van der Waals surface area (Å²) in [5.41, 5.74) is 0. The number of carbonyl (C=O) groups excluding carboxylic acids is 1. The van der Waals surface area contributed by atoms with Crippen molar-refractivity contribution in [2.45, 2.75) is 362 Å². The number of allylic oxidation sites excluding steroid dienone is 23. The molecule has 3 heterocycles. The molecule has 0 spiro atoms. The van der Waals surface area contributed by atoms with E-state index in [2.05, 4.69) is 153 Å². The maximum absolute atomic E-state index is 13.5. The summed E-state index contributed by atoms with van der Waals surface area (Å²) in [4.78, 5) is 13.5. The van der Waals surface area contributed by atoms with E-state index in [1.807, 2.05) is 6.08 Å². The van der Waals surface area contributed by atoms with E-state index in [1.54, 1.807) is 6.08 Å². The van der Waals surface area contributed by atoms with Crippen LogP contribution in [-0.4, -0.2) is 193 Å². The smallest absolute Gasteiger partial charge is 0.220 e. The van der Waals surface area contributed by atoms with Gasteiger partial charge in [-0.2, -0.15) is 0 Å². The van der Waals surface area contributed by atoms with Crippen molar-refractivity contribution in [2.24, 2.45) is 0 Å². The van der Waals surface area contributed by atoms with E-state index >= 15 is 0 Å². The molecular weight excluding hydrogens is 1330 g/mol. The number of rotatable bonds is 62. The van der Waals surface area contributed by atoms with Gasteiger partial charge in [-0.15, -0.1) is 0 Å². The summed E-state index contributed by atoms with van der Waals surface area (Å²) < 4.78 is 34.4. The molecule has 19 nitrogen and oxygen atoms in total. The Bertz CT molecular complexity index is 2470. The van der Waals surface area contributed by atoms with Gasteiger partial charge in [0.2, 0.25) is 5.91 Å². The minimum atomic E-state index is -1.99. The van der Waals surface area contributed by atoms with Crippen LogP contribution < -0.4 is 5.32 Å². The van der Waals surface area contributed by atoms with Gasteiger partial charge >= 0.3 is 0 Å². The molecule has 17 atom stereocenters. The zero-order chi connectivity index (χ0) is 76.0. The standard InChI is InChI=1S/C86H143NO18/c1-3-5-7-9-11-13-15-17-19-21-23-25-26-27-28-29-30-31-32-33-34-35-36-37-38-39-40-41-42-44-46-48-50-52-54-56-58-60-62-64-74(92)87-69(70(91)63-61-59-57-55-53-51-49-47-45-43-24-22-20-18-16-14-12-10-8-6-4-2)68-100-84-80(98)77(95)82(72(66-89)102-84)105-86-81(99)78(96)83(73(67-90)103-86)104-85-79(97)76(94)75(93)71(65-88)101-85/h5,7,11,13,17,19,23,25,27-28,30-31,33-34,36-37,39-40,42,44,53,55,61,63,69-73,75-86,88-91,93-99H,3-4,6,8-10,12,14-16,18,20-22,24,26,29,32,35,38,41,43,45-52,54,56-60,62,64-68H2,1-2H3,(H,87,92)/b7-5-,13-11-,19-17-,25-23-,28-27-,31-30-,34-33-,37-36-,40-39-,44-42-,55-53+,63-61+. The number of amides is 1. The monoisotopic (exact) mass is 1480 g/mol. The van der Waals surface area contributed by atoms with Gasteiger partial charge in [0, 0.05) is 6.42 Å². The Labute approximate surface area is 632 Å². The number of aliphatic hydroxyl groups excluding tert-OH is 11. The number of hydrogen-bond donors (Lipinski definition) is 12. The number of unbranched alkanes of at least 4 members (excludes halogenated alkanes) is 24. The van der Waals surface area contributed by atoms with Crippen LogP contribution in [0.1, 0.15) is 258 Å². The normalized spacial score (nSPS) is 26.6. The van der Waals surface area contributed by atoms with Crippen molar-refractivity contribution in [3.8, 4) is 0 Å². The fourth-order valence-corrected chi connectivity index (χ4v) is 12.6. The third-order valence-corrected chi connectivity index (χ3v) is 19.1. The highest BCUT2D eigenvalue weighted by molar-refractivity contribution is 5.76. The molecule has 105 heavy (non-hydrogen) atoms. The Kier molecular flexibility index (Phi) is 58.3. The summed E-state index contributed by atoms with van der Waals surface area (Å²) >= 11 is 0. The number of hydrogen-bond acceptors (Lipinski definition) is 18. The maximum Gasteiger partial charge on any atom is 0.220 e. The molecule has 3 rings (SSSR count). The van der Waals surface area contributed by atoms with Crippen molar-refractivity contribution in [2.75, 3.05) is 26.4 Å². The molecule has 3 aliphatic heterocycles. The first-order valence-corrected chi connectivity index (χ1v) is 40.6. The maximum atomic E-state index is 13.5. The Morgan fingerprint density at radius 2 is 0.667 bits per heavy atom. The summed E-state index contributed by atoms with van der Waals surface area (Å²) in [7, 11) is 0. The molecule has 0 aliphatic carbocycles. The van der Waals surface area contributed by atoms with Gasteiger partial charge in [-0.3, -0.25) is 4.79 Å². The lowest BCUT2D eigenvalue weighted by Crippen LogP contribution is -2.66. The topological polar surface area (TPSA) is 307 Å². The van der Waals surface area contributed by atoms with Crippen molar-refractivity contribution >= 4 is 5.91 Å². The first kappa shape index (κ1) is 94.9. The van der Waals surface area contributed by atoms with Crippen molar-refractivity contribution in [1.29, 1.82) is 0 Å². The minimum absolute atomic E-state index is 0.216. The fraction of sp³-hybridized carbons (Fsp3) is 0.709. The first-order chi connectivity index (χ1) is 51.3. The molecule has 1 amide bonds. The Hall–Kier alpha value is -4.33. The van der Waals surface area contributed by atoms with E-state index in [0.29, 0.717) is 12.8 Å². The van der Waals surface area contributed by atoms with Crippen LogP contribution in [-0.2, 0) is 33.2 Å².